The fourth-order valence-corrected chi connectivity index (χ4v) is 3.17. The topological polar surface area (TPSA) is 55.4 Å². The zero-order chi connectivity index (χ0) is 19.1. The molecule has 0 saturated carbocycles. The third-order valence-electron chi connectivity index (χ3n) is 3.95. The van der Waals surface area contributed by atoms with Crippen molar-refractivity contribution < 1.29 is 14.3 Å². The van der Waals surface area contributed by atoms with E-state index < -0.39 is 5.97 Å². The molecular formula is C20H22ClNO3S. The van der Waals surface area contributed by atoms with Crippen molar-refractivity contribution in [3.8, 4) is 0 Å². The lowest BCUT2D eigenvalue weighted by Gasteiger charge is -2.14. The number of esters is 1. The third kappa shape index (κ3) is 6.39. The van der Waals surface area contributed by atoms with Gasteiger partial charge in [0, 0.05) is 9.92 Å². The fraction of sp³-hybridized carbons (Fsp3) is 0.300. The Hall–Kier alpha value is -1.98. The zero-order valence-corrected chi connectivity index (χ0v) is 16.6. The summed E-state index contributed by atoms with van der Waals surface area (Å²) >= 11 is 7.25. The van der Waals surface area contributed by atoms with Gasteiger partial charge in [-0.1, -0.05) is 29.8 Å². The molecule has 26 heavy (non-hydrogen) atoms. The summed E-state index contributed by atoms with van der Waals surface area (Å²) in [5.74, 6) is -0.581. The van der Waals surface area contributed by atoms with Crippen molar-refractivity contribution in [2.45, 2.75) is 31.7 Å². The van der Waals surface area contributed by atoms with E-state index in [-0.39, 0.29) is 24.3 Å². The van der Waals surface area contributed by atoms with Gasteiger partial charge < -0.3 is 10.1 Å². The highest BCUT2D eigenvalue weighted by atomic mass is 35.5. The van der Waals surface area contributed by atoms with Gasteiger partial charge in [0.25, 0.3) is 5.91 Å². The molecule has 0 aliphatic carbocycles. The van der Waals surface area contributed by atoms with Crippen molar-refractivity contribution >= 4 is 35.2 Å². The molecule has 0 spiro atoms. The van der Waals surface area contributed by atoms with E-state index in [1.807, 2.05) is 51.1 Å². The molecule has 1 atom stereocenters. The van der Waals surface area contributed by atoms with E-state index >= 15 is 0 Å². The first-order valence-corrected chi connectivity index (χ1v) is 9.62. The van der Waals surface area contributed by atoms with Gasteiger partial charge >= 0.3 is 5.97 Å². The summed E-state index contributed by atoms with van der Waals surface area (Å²) in [6, 6.07) is 13.1. The lowest BCUT2D eigenvalue weighted by Crippen LogP contribution is -2.31. The van der Waals surface area contributed by atoms with Crippen LogP contribution in [0.5, 0.6) is 0 Å². The van der Waals surface area contributed by atoms with Gasteiger partial charge in [-0.25, -0.2) is 0 Å². The van der Waals surface area contributed by atoms with Gasteiger partial charge in [0.05, 0.1) is 11.8 Å². The number of amides is 1. The Morgan fingerprint density at radius 2 is 1.81 bits per heavy atom. The first kappa shape index (κ1) is 20.3. The predicted octanol–water partition coefficient (Wildman–Crippen LogP) is 4.47. The number of carbonyl (C=O) groups is 2. The van der Waals surface area contributed by atoms with Crippen molar-refractivity contribution in [3.63, 3.8) is 0 Å². The molecule has 2 rings (SSSR count). The Balaban J connectivity index is 1.73. The van der Waals surface area contributed by atoms with E-state index in [4.69, 9.17) is 16.3 Å². The quantitative estimate of drug-likeness (QED) is 0.558. The highest BCUT2D eigenvalue weighted by molar-refractivity contribution is 8.00. The second-order valence-corrected chi connectivity index (χ2v) is 7.52. The van der Waals surface area contributed by atoms with Gasteiger partial charge in [-0.05, 0) is 61.7 Å². The van der Waals surface area contributed by atoms with Crippen molar-refractivity contribution in [1.82, 2.24) is 5.32 Å². The highest BCUT2D eigenvalue weighted by Gasteiger charge is 2.12. The fourth-order valence-electron chi connectivity index (χ4n) is 2.25. The van der Waals surface area contributed by atoms with Gasteiger partial charge in [-0.2, -0.15) is 0 Å². The molecule has 0 unspecified atom stereocenters. The monoisotopic (exact) mass is 391 g/mol. The summed E-state index contributed by atoms with van der Waals surface area (Å²) in [5, 5.41) is 3.43. The number of benzene rings is 2. The molecule has 4 nitrogen and oxygen atoms in total. The molecule has 2 aromatic carbocycles. The molecule has 0 aromatic heterocycles. The maximum Gasteiger partial charge on any atom is 0.316 e. The third-order valence-corrected chi connectivity index (χ3v) is 5.17. The zero-order valence-electron chi connectivity index (χ0n) is 15.0. The summed E-state index contributed by atoms with van der Waals surface area (Å²) < 4.78 is 5.04. The molecule has 138 valence electrons. The SMILES string of the molecule is Cc1ccc(SCC(=O)OCC(=O)N[C@@H](C)c2ccc(Cl)cc2)cc1C. The standard InChI is InChI=1S/C20H22ClNO3S/c1-13-4-9-18(10-14(13)2)26-12-20(24)25-11-19(23)22-15(3)16-5-7-17(21)8-6-16/h4-10,15H,11-12H2,1-3H3,(H,22,23)/t15-/m0/s1. The van der Waals surface area contributed by atoms with Crippen molar-refractivity contribution in [3.05, 3.63) is 64.2 Å². The summed E-state index contributed by atoms with van der Waals surface area (Å²) in [7, 11) is 0. The molecular weight excluding hydrogens is 370 g/mol. The van der Waals surface area contributed by atoms with Crippen LogP contribution in [0.4, 0.5) is 0 Å². The van der Waals surface area contributed by atoms with Crippen LogP contribution in [0.15, 0.2) is 47.4 Å². The number of hydrogen-bond donors (Lipinski definition) is 1. The lowest BCUT2D eigenvalue weighted by atomic mass is 10.1. The van der Waals surface area contributed by atoms with Crippen LogP contribution in [0.2, 0.25) is 5.02 Å². The second-order valence-electron chi connectivity index (χ2n) is 6.04. The average molecular weight is 392 g/mol. The highest BCUT2D eigenvalue weighted by Crippen LogP contribution is 2.21. The molecule has 0 saturated heterocycles. The molecule has 0 heterocycles. The maximum absolute atomic E-state index is 11.9. The number of rotatable bonds is 7. The van der Waals surface area contributed by atoms with Crippen molar-refractivity contribution in [2.75, 3.05) is 12.4 Å². The summed E-state index contributed by atoms with van der Waals surface area (Å²) in [6.45, 7) is 5.65. The number of nitrogens with one attached hydrogen (secondary N) is 1. The van der Waals surface area contributed by atoms with Crippen LogP contribution in [-0.4, -0.2) is 24.2 Å². The largest absolute Gasteiger partial charge is 0.455 e. The molecule has 0 bridgehead atoms. The minimum Gasteiger partial charge on any atom is -0.455 e. The first-order valence-electron chi connectivity index (χ1n) is 8.25. The minimum absolute atomic E-state index is 0.169. The average Bonchev–Trinajstić information content (AvgIpc) is 2.61. The van der Waals surface area contributed by atoms with E-state index in [1.54, 1.807) is 12.1 Å². The Kier molecular flexibility index (Phi) is 7.54. The first-order chi connectivity index (χ1) is 12.3. The van der Waals surface area contributed by atoms with Crippen molar-refractivity contribution in [2.24, 2.45) is 0 Å². The van der Waals surface area contributed by atoms with E-state index in [9.17, 15) is 9.59 Å². The van der Waals surface area contributed by atoms with Gasteiger partial charge in [0.15, 0.2) is 6.61 Å². The molecule has 2 aromatic rings. The number of halogens is 1. The summed E-state index contributed by atoms with van der Waals surface area (Å²) in [5.41, 5.74) is 3.32. The van der Waals surface area contributed by atoms with E-state index in [2.05, 4.69) is 5.32 Å². The Bertz CT molecular complexity index is 777. The Morgan fingerprint density at radius 1 is 1.12 bits per heavy atom. The van der Waals surface area contributed by atoms with E-state index in [0.717, 1.165) is 10.5 Å². The number of carbonyl (C=O) groups excluding carboxylic acids is 2. The number of thioether (sulfide) groups is 1. The van der Waals surface area contributed by atoms with Crippen LogP contribution in [0, 0.1) is 13.8 Å². The molecule has 0 aliphatic rings. The lowest BCUT2D eigenvalue weighted by molar-refractivity contribution is -0.146. The molecule has 0 aliphatic heterocycles. The van der Waals surface area contributed by atoms with Crippen LogP contribution in [0.3, 0.4) is 0 Å². The van der Waals surface area contributed by atoms with Crippen molar-refractivity contribution in [1.29, 1.82) is 0 Å². The van der Waals surface area contributed by atoms with Gasteiger partial charge in [-0.3, -0.25) is 9.59 Å². The smallest absolute Gasteiger partial charge is 0.316 e. The van der Waals surface area contributed by atoms with Crippen LogP contribution in [0.1, 0.15) is 29.7 Å². The maximum atomic E-state index is 11.9. The second kappa shape index (κ2) is 9.64. The van der Waals surface area contributed by atoms with E-state index in [1.165, 1.54) is 22.9 Å². The molecule has 0 radical (unpaired) electrons. The van der Waals surface area contributed by atoms with E-state index in [0.29, 0.717) is 5.02 Å². The normalized spacial score (nSPS) is 11.7. The Labute approximate surface area is 163 Å². The molecule has 6 heteroatoms. The predicted molar refractivity (Wildman–Crippen MR) is 106 cm³/mol. The van der Waals surface area contributed by atoms with Crippen LogP contribution in [-0.2, 0) is 14.3 Å². The molecule has 0 fully saturated rings. The Morgan fingerprint density at radius 3 is 2.46 bits per heavy atom. The van der Waals surface area contributed by atoms with Crippen LogP contribution >= 0.6 is 23.4 Å². The molecule has 1 N–H and O–H groups in total. The minimum atomic E-state index is -0.414. The van der Waals surface area contributed by atoms with Gasteiger partial charge in [-0.15, -0.1) is 11.8 Å². The van der Waals surface area contributed by atoms with Gasteiger partial charge in [0.2, 0.25) is 0 Å². The van der Waals surface area contributed by atoms with Gasteiger partial charge in [0.1, 0.15) is 0 Å². The van der Waals surface area contributed by atoms with Crippen LogP contribution in [0.25, 0.3) is 0 Å². The van der Waals surface area contributed by atoms with Crippen LogP contribution < -0.4 is 5.32 Å². The molecule has 1 amide bonds. The number of aryl methyl sites for hydroxylation is 2. The summed E-state index contributed by atoms with van der Waals surface area (Å²) in [6.07, 6.45) is 0. The number of ether oxygens (including phenoxy) is 1. The number of hydrogen-bond acceptors (Lipinski definition) is 4. The summed E-state index contributed by atoms with van der Waals surface area (Å²) in [4.78, 5) is 24.8.